The van der Waals surface area contributed by atoms with Crippen molar-refractivity contribution in [3.8, 4) is 0 Å². The highest BCUT2D eigenvalue weighted by Crippen LogP contribution is 2.18. The molecule has 0 saturated carbocycles. The number of aromatic nitrogens is 2. The number of anilines is 1. The smallest absolute Gasteiger partial charge is 0.328 e. The molecule has 1 rings (SSSR count). The van der Waals surface area contributed by atoms with Gasteiger partial charge in [-0.1, -0.05) is 6.92 Å². The highest BCUT2D eigenvalue weighted by Gasteiger charge is 2.28. The van der Waals surface area contributed by atoms with Gasteiger partial charge in [0.25, 0.3) is 0 Å². The van der Waals surface area contributed by atoms with E-state index in [1.807, 2.05) is 0 Å². The molecule has 5 nitrogen and oxygen atoms in total. The van der Waals surface area contributed by atoms with Gasteiger partial charge in [0, 0.05) is 0 Å². The maximum atomic E-state index is 13.7. The third-order valence-corrected chi connectivity index (χ3v) is 2.16. The molecular weight excluding hydrogens is 213 g/mol. The summed E-state index contributed by atoms with van der Waals surface area (Å²) < 4.78 is 13.7. The van der Waals surface area contributed by atoms with E-state index in [0.717, 1.165) is 0 Å². The fourth-order valence-electron chi connectivity index (χ4n) is 1.09. The topological polar surface area (TPSA) is 75.1 Å². The molecule has 88 valence electrons. The maximum Gasteiger partial charge on any atom is 0.328 e. The first-order valence-corrected chi connectivity index (χ1v) is 4.89. The van der Waals surface area contributed by atoms with Crippen molar-refractivity contribution in [1.29, 1.82) is 0 Å². The molecule has 2 N–H and O–H groups in total. The minimum atomic E-state index is -1.28. The molecule has 0 saturated heterocycles. The van der Waals surface area contributed by atoms with Crippen molar-refractivity contribution in [2.45, 2.75) is 32.7 Å². The zero-order chi connectivity index (χ0) is 12.3. The van der Waals surface area contributed by atoms with Gasteiger partial charge < -0.3 is 10.4 Å². The Bertz CT molecular complexity index is 407. The fraction of sp³-hybridized carbons (Fsp3) is 0.500. The molecule has 0 amide bonds. The lowest BCUT2D eigenvalue weighted by molar-refractivity contribution is -0.141. The quantitative estimate of drug-likeness (QED) is 0.814. The number of hydrogen-bond acceptors (Lipinski definition) is 4. The van der Waals surface area contributed by atoms with Crippen LogP contribution in [0.4, 0.5) is 10.2 Å². The second kappa shape index (κ2) is 4.42. The largest absolute Gasteiger partial charge is 0.480 e. The predicted molar refractivity (Wildman–Crippen MR) is 56.7 cm³/mol. The molecule has 0 aliphatic heterocycles. The van der Waals surface area contributed by atoms with Gasteiger partial charge in [-0.2, -0.15) is 0 Å². The minimum Gasteiger partial charge on any atom is -0.480 e. The lowest BCUT2D eigenvalue weighted by Gasteiger charge is -2.22. The molecule has 0 aromatic carbocycles. The Morgan fingerprint density at radius 3 is 2.69 bits per heavy atom. The van der Waals surface area contributed by atoms with E-state index >= 15 is 0 Å². The summed E-state index contributed by atoms with van der Waals surface area (Å²) in [5.74, 6) is -1.76. The van der Waals surface area contributed by atoms with Crippen LogP contribution in [0.2, 0.25) is 0 Å². The average Bonchev–Trinajstić information content (AvgIpc) is 2.20. The van der Waals surface area contributed by atoms with Crippen LogP contribution in [0.3, 0.4) is 0 Å². The fourth-order valence-corrected chi connectivity index (χ4v) is 1.09. The normalized spacial score (nSPS) is 11.2. The SMILES string of the molecule is CCc1ncnc(NC(C)(C)C(=O)O)c1F. The van der Waals surface area contributed by atoms with Gasteiger partial charge in [0.1, 0.15) is 11.9 Å². The van der Waals surface area contributed by atoms with Crippen molar-refractivity contribution >= 4 is 11.8 Å². The van der Waals surface area contributed by atoms with Gasteiger partial charge in [0.15, 0.2) is 11.6 Å². The number of aryl methyl sites for hydroxylation is 1. The number of nitrogens with zero attached hydrogens (tertiary/aromatic N) is 2. The summed E-state index contributed by atoms with van der Waals surface area (Å²) in [6.07, 6.45) is 1.64. The third kappa shape index (κ3) is 2.44. The number of rotatable bonds is 4. The second-order valence-corrected chi connectivity index (χ2v) is 3.89. The summed E-state index contributed by atoms with van der Waals surface area (Å²) in [6.45, 7) is 4.63. The van der Waals surface area contributed by atoms with Crippen molar-refractivity contribution < 1.29 is 14.3 Å². The molecule has 1 aromatic heterocycles. The molecule has 16 heavy (non-hydrogen) atoms. The Kier molecular flexibility index (Phi) is 3.41. The zero-order valence-electron chi connectivity index (χ0n) is 9.41. The Balaban J connectivity index is 3.02. The van der Waals surface area contributed by atoms with Crippen LogP contribution in [0.1, 0.15) is 26.5 Å². The molecule has 0 bridgehead atoms. The number of carboxylic acid groups (broad SMARTS) is 1. The molecule has 0 unspecified atom stereocenters. The predicted octanol–water partition coefficient (Wildman–Crippen LogP) is 1.45. The Morgan fingerprint density at radius 1 is 1.56 bits per heavy atom. The standard InChI is InChI=1S/C10H14FN3O2/c1-4-6-7(11)8(13-5-12-6)14-10(2,3)9(15)16/h5H,4H2,1-3H3,(H,15,16)(H,12,13,14). The van der Waals surface area contributed by atoms with E-state index in [1.54, 1.807) is 6.92 Å². The van der Waals surface area contributed by atoms with Crippen LogP contribution in [0.15, 0.2) is 6.33 Å². The summed E-state index contributed by atoms with van der Waals surface area (Å²) in [6, 6.07) is 0. The van der Waals surface area contributed by atoms with Crippen molar-refractivity contribution in [2.24, 2.45) is 0 Å². The summed E-state index contributed by atoms with van der Waals surface area (Å²) in [7, 11) is 0. The van der Waals surface area contributed by atoms with Gasteiger partial charge in [-0.3, -0.25) is 0 Å². The van der Waals surface area contributed by atoms with E-state index in [4.69, 9.17) is 5.11 Å². The Hall–Kier alpha value is -1.72. The van der Waals surface area contributed by atoms with Gasteiger partial charge in [0.05, 0.1) is 5.69 Å². The van der Waals surface area contributed by atoms with E-state index < -0.39 is 17.3 Å². The van der Waals surface area contributed by atoms with Crippen molar-refractivity contribution in [2.75, 3.05) is 5.32 Å². The first kappa shape index (κ1) is 12.4. The summed E-state index contributed by atoms with van der Waals surface area (Å²) in [4.78, 5) is 18.3. The molecule has 1 aromatic rings. The van der Waals surface area contributed by atoms with Crippen molar-refractivity contribution in [1.82, 2.24) is 9.97 Å². The molecule has 0 fully saturated rings. The zero-order valence-corrected chi connectivity index (χ0v) is 9.41. The van der Waals surface area contributed by atoms with Gasteiger partial charge >= 0.3 is 5.97 Å². The van der Waals surface area contributed by atoms with Gasteiger partial charge in [-0.25, -0.2) is 19.2 Å². The van der Waals surface area contributed by atoms with E-state index in [2.05, 4.69) is 15.3 Å². The van der Waals surface area contributed by atoms with Crippen LogP contribution in [-0.2, 0) is 11.2 Å². The van der Waals surface area contributed by atoms with Crippen LogP contribution in [0.5, 0.6) is 0 Å². The number of carboxylic acids is 1. The van der Waals surface area contributed by atoms with E-state index in [-0.39, 0.29) is 11.5 Å². The lowest BCUT2D eigenvalue weighted by Crippen LogP contribution is -2.40. The number of hydrogen-bond donors (Lipinski definition) is 2. The van der Waals surface area contributed by atoms with Crippen molar-refractivity contribution in [3.63, 3.8) is 0 Å². The molecule has 1 heterocycles. The summed E-state index contributed by atoms with van der Waals surface area (Å²) >= 11 is 0. The molecule has 0 spiro atoms. The average molecular weight is 227 g/mol. The molecule has 0 aliphatic carbocycles. The Morgan fingerprint density at radius 2 is 2.19 bits per heavy atom. The van der Waals surface area contributed by atoms with Gasteiger partial charge in [0.2, 0.25) is 0 Å². The van der Waals surface area contributed by atoms with Crippen LogP contribution < -0.4 is 5.32 Å². The molecule has 6 heteroatoms. The lowest BCUT2D eigenvalue weighted by atomic mass is 10.1. The minimum absolute atomic E-state index is 0.0840. The Labute approximate surface area is 92.7 Å². The number of aliphatic carboxylic acids is 1. The number of nitrogens with one attached hydrogen (secondary N) is 1. The second-order valence-electron chi connectivity index (χ2n) is 3.89. The van der Waals surface area contributed by atoms with E-state index in [0.29, 0.717) is 6.42 Å². The maximum absolute atomic E-state index is 13.7. The summed E-state index contributed by atoms with van der Waals surface area (Å²) in [5.41, 5.74) is -1.01. The monoisotopic (exact) mass is 227 g/mol. The highest BCUT2D eigenvalue weighted by molar-refractivity contribution is 5.81. The number of carbonyl (C=O) groups is 1. The molecule has 0 atom stereocenters. The van der Waals surface area contributed by atoms with Crippen LogP contribution >= 0.6 is 0 Å². The molecular formula is C10H14FN3O2. The molecule has 0 radical (unpaired) electrons. The van der Waals surface area contributed by atoms with Crippen molar-refractivity contribution in [3.05, 3.63) is 17.8 Å². The van der Waals surface area contributed by atoms with Crippen LogP contribution in [-0.4, -0.2) is 26.6 Å². The van der Waals surface area contributed by atoms with Crippen LogP contribution in [0.25, 0.3) is 0 Å². The third-order valence-electron chi connectivity index (χ3n) is 2.16. The number of halogens is 1. The van der Waals surface area contributed by atoms with E-state index in [9.17, 15) is 9.18 Å². The van der Waals surface area contributed by atoms with Gasteiger partial charge in [-0.05, 0) is 20.3 Å². The first-order chi connectivity index (χ1) is 7.38. The molecule has 0 aliphatic rings. The van der Waals surface area contributed by atoms with E-state index in [1.165, 1.54) is 20.2 Å². The van der Waals surface area contributed by atoms with Gasteiger partial charge in [-0.15, -0.1) is 0 Å². The highest BCUT2D eigenvalue weighted by atomic mass is 19.1. The summed E-state index contributed by atoms with van der Waals surface area (Å²) in [5, 5.41) is 11.4. The van der Waals surface area contributed by atoms with Crippen LogP contribution in [0, 0.1) is 5.82 Å². The first-order valence-electron chi connectivity index (χ1n) is 4.89.